The van der Waals surface area contributed by atoms with Crippen molar-refractivity contribution in [1.29, 1.82) is 0 Å². The summed E-state index contributed by atoms with van der Waals surface area (Å²) in [6.45, 7) is 0. The molecule has 56 valence electrons. The fourth-order valence-electron chi connectivity index (χ4n) is 1.80. The van der Waals surface area contributed by atoms with E-state index in [-0.39, 0.29) is 0 Å². The molecule has 2 heteroatoms. The minimum absolute atomic E-state index is 0.433. The molecule has 1 aliphatic carbocycles. The first-order valence-electron chi connectivity index (χ1n) is 3.78. The van der Waals surface area contributed by atoms with Crippen LogP contribution >= 0.6 is 15.9 Å². The van der Waals surface area contributed by atoms with Gasteiger partial charge in [-0.05, 0) is 23.3 Å². The minimum Gasteiger partial charge on any atom is -0.364 e. The number of rotatable bonds is 0. The summed E-state index contributed by atoms with van der Waals surface area (Å²) in [5, 5.41) is 0. The predicted octanol–water partition coefficient (Wildman–Crippen LogP) is 2.45. The van der Waals surface area contributed by atoms with Crippen LogP contribution in [0.5, 0.6) is 0 Å². The Labute approximate surface area is 73.5 Å². The van der Waals surface area contributed by atoms with Gasteiger partial charge in [-0.25, -0.2) is 0 Å². The maximum absolute atomic E-state index is 5.41. The van der Waals surface area contributed by atoms with Gasteiger partial charge in [-0.3, -0.25) is 0 Å². The summed E-state index contributed by atoms with van der Waals surface area (Å²) in [4.78, 5) is 0. The molecule has 1 saturated heterocycles. The maximum Gasteiger partial charge on any atom is 0.110 e. The predicted molar refractivity (Wildman–Crippen MR) is 45.5 cm³/mol. The smallest absolute Gasteiger partial charge is 0.110 e. The Kier molecular flexibility index (Phi) is 1.06. The molecular weight excluding hydrogens is 204 g/mol. The number of fused-ring (bicyclic) bond motifs is 3. The normalized spacial score (nSPS) is 31.4. The molecule has 0 unspecified atom stereocenters. The van der Waals surface area contributed by atoms with Crippen molar-refractivity contribution in [2.24, 2.45) is 0 Å². The average Bonchev–Trinajstić information content (AvgIpc) is 2.67. The molecule has 1 heterocycles. The van der Waals surface area contributed by atoms with Crippen LogP contribution in [-0.4, -0.2) is 6.10 Å². The van der Waals surface area contributed by atoms with Gasteiger partial charge in [-0.2, -0.15) is 0 Å². The van der Waals surface area contributed by atoms with Crippen LogP contribution in [0.3, 0.4) is 0 Å². The molecule has 0 spiro atoms. The first kappa shape index (κ1) is 6.21. The number of hydrogen-bond acceptors (Lipinski definition) is 1. The van der Waals surface area contributed by atoms with Crippen LogP contribution in [-0.2, 0) is 11.2 Å². The largest absolute Gasteiger partial charge is 0.364 e. The van der Waals surface area contributed by atoms with Gasteiger partial charge in [-0.15, -0.1) is 0 Å². The molecule has 2 aliphatic rings. The molecule has 1 nitrogen and oxygen atoms in total. The Morgan fingerprint density at radius 1 is 1.45 bits per heavy atom. The number of ether oxygens (including phenoxy) is 1. The molecule has 3 rings (SSSR count). The van der Waals surface area contributed by atoms with Gasteiger partial charge < -0.3 is 4.74 Å². The molecule has 0 amide bonds. The highest BCUT2D eigenvalue weighted by atomic mass is 79.9. The van der Waals surface area contributed by atoms with Crippen molar-refractivity contribution in [2.75, 3.05) is 0 Å². The van der Waals surface area contributed by atoms with E-state index in [2.05, 4.69) is 34.1 Å². The van der Waals surface area contributed by atoms with E-state index >= 15 is 0 Å². The Hall–Kier alpha value is -0.340. The third-order valence-corrected chi connectivity index (χ3v) is 2.91. The fraction of sp³-hybridized carbons (Fsp3) is 0.333. The van der Waals surface area contributed by atoms with Gasteiger partial charge >= 0.3 is 0 Å². The van der Waals surface area contributed by atoms with Crippen molar-refractivity contribution in [3.63, 3.8) is 0 Å². The van der Waals surface area contributed by atoms with Crippen molar-refractivity contribution < 1.29 is 4.74 Å². The maximum atomic E-state index is 5.41. The number of hydrogen-bond donors (Lipinski definition) is 0. The van der Waals surface area contributed by atoms with Crippen molar-refractivity contribution >= 4 is 15.9 Å². The zero-order chi connectivity index (χ0) is 7.42. The summed E-state index contributed by atoms with van der Waals surface area (Å²) < 4.78 is 6.57. The lowest BCUT2D eigenvalue weighted by molar-refractivity contribution is 0.361. The van der Waals surface area contributed by atoms with Crippen molar-refractivity contribution in [3.05, 3.63) is 33.8 Å². The topological polar surface area (TPSA) is 12.5 Å². The number of epoxide rings is 1. The molecule has 0 bridgehead atoms. The first-order chi connectivity index (χ1) is 5.34. The average molecular weight is 211 g/mol. The summed E-state index contributed by atoms with van der Waals surface area (Å²) in [6.07, 6.45) is 2.06. The number of benzene rings is 1. The van der Waals surface area contributed by atoms with E-state index in [1.54, 1.807) is 0 Å². The molecule has 0 aromatic heterocycles. The lowest BCUT2D eigenvalue weighted by Crippen LogP contribution is -1.87. The van der Waals surface area contributed by atoms with Crippen molar-refractivity contribution in [1.82, 2.24) is 0 Å². The van der Waals surface area contributed by atoms with Crippen molar-refractivity contribution in [2.45, 2.75) is 18.6 Å². The van der Waals surface area contributed by atoms with E-state index in [1.165, 1.54) is 11.1 Å². The van der Waals surface area contributed by atoms with Gasteiger partial charge in [0, 0.05) is 10.9 Å². The lowest BCUT2D eigenvalue weighted by Gasteiger charge is -2.00. The Morgan fingerprint density at radius 2 is 2.36 bits per heavy atom. The monoisotopic (exact) mass is 210 g/mol. The van der Waals surface area contributed by atoms with Crippen LogP contribution in [0.15, 0.2) is 22.7 Å². The standard InChI is InChI=1S/C9H7BrO/c10-6-2-1-5-3-8-9(11-8)7(5)4-6/h1-2,4,8-9H,3H2/t8-,9-/m1/s1. The second-order valence-electron chi connectivity index (χ2n) is 3.14. The quantitative estimate of drug-likeness (QED) is 0.600. The molecule has 0 radical (unpaired) electrons. The highest BCUT2D eigenvalue weighted by molar-refractivity contribution is 9.10. The van der Waals surface area contributed by atoms with E-state index in [9.17, 15) is 0 Å². The van der Waals surface area contributed by atoms with Crippen LogP contribution in [0.2, 0.25) is 0 Å². The van der Waals surface area contributed by atoms with Gasteiger partial charge in [0.2, 0.25) is 0 Å². The molecular formula is C9H7BrO. The van der Waals surface area contributed by atoms with E-state index < -0.39 is 0 Å². The lowest BCUT2D eigenvalue weighted by atomic mass is 10.1. The zero-order valence-corrected chi connectivity index (χ0v) is 7.47. The fourth-order valence-corrected chi connectivity index (χ4v) is 2.18. The zero-order valence-electron chi connectivity index (χ0n) is 5.88. The Morgan fingerprint density at radius 3 is 3.27 bits per heavy atom. The second kappa shape index (κ2) is 1.87. The SMILES string of the molecule is Brc1ccc2c(c1)[C@H]1O[C@@H]1C2. The van der Waals surface area contributed by atoms with Crippen LogP contribution in [0.25, 0.3) is 0 Å². The molecule has 1 aromatic carbocycles. The van der Waals surface area contributed by atoms with E-state index in [4.69, 9.17) is 4.74 Å². The number of halogens is 1. The van der Waals surface area contributed by atoms with Gasteiger partial charge in [0.1, 0.15) is 6.10 Å². The van der Waals surface area contributed by atoms with Crippen LogP contribution in [0, 0.1) is 0 Å². The van der Waals surface area contributed by atoms with E-state index in [0.717, 1.165) is 10.9 Å². The molecule has 1 aliphatic heterocycles. The summed E-state index contributed by atoms with van der Waals surface area (Å²) in [7, 11) is 0. The van der Waals surface area contributed by atoms with Gasteiger partial charge in [-0.1, -0.05) is 22.0 Å². The van der Waals surface area contributed by atoms with Crippen LogP contribution < -0.4 is 0 Å². The molecule has 11 heavy (non-hydrogen) atoms. The highest BCUT2D eigenvalue weighted by Gasteiger charge is 2.46. The van der Waals surface area contributed by atoms with Crippen LogP contribution in [0.4, 0.5) is 0 Å². The molecule has 0 saturated carbocycles. The third kappa shape index (κ3) is 0.797. The van der Waals surface area contributed by atoms with Gasteiger partial charge in [0.25, 0.3) is 0 Å². The summed E-state index contributed by atoms with van der Waals surface area (Å²) in [5.74, 6) is 0. The van der Waals surface area contributed by atoms with Crippen LogP contribution in [0.1, 0.15) is 17.2 Å². The van der Waals surface area contributed by atoms with E-state index in [0.29, 0.717) is 12.2 Å². The van der Waals surface area contributed by atoms with E-state index in [1.807, 2.05) is 0 Å². The van der Waals surface area contributed by atoms with Gasteiger partial charge in [0.15, 0.2) is 0 Å². The molecule has 1 fully saturated rings. The second-order valence-corrected chi connectivity index (χ2v) is 4.06. The molecule has 1 aromatic rings. The molecule has 0 N–H and O–H groups in total. The Bertz CT molecular complexity index is 321. The van der Waals surface area contributed by atoms with Crippen molar-refractivity contribution in [3.8, 4) is 0 Å². The first-order valence-corrected chi connectivity index (χ1v) is 4.58. The summed E-state index contributed by atoms with van der Waals surface area (Å²) in [6, 6.07) is 6.46. The highest BCUT2D eigenvalue weighted by Crippen LogP contribution is 2.49. The van der Waals surface area contributed by atoms with Gasteiger partial charge in [0.05, 0.1) is 6.10 Å². The Balaban J connectivity index is 2.20. The summed E-state index contributed by atoms with van der Waals surface area (Å²) >= 11 is 3.46. The summed E-state index contributed by atoms with van der Waals surface area (Å²) in [5.41, 5.74) is 2.86. The molecule has 2 atom stereocenters. The third-order valence-electron chi connectivity index (χ3n) is 2.42. The minimum atomic E-state index is 0.433.